The number of carbonyl (C=O) groups excluding carboxylic acids is 2. The molecule has 0 N–H and O–H groups in total. The molecule has 1 aromatic rings. The summed E-state index contributed by atoms with van der Waals surface area (Å²) in [5, 5.41) is 1.69. The van der Waals surface area contributed by atoms with Crippen LogP contribution in [-0.4, -0.2) is 47.9 Å². The summed E-state index contributed by atoms with van der Waals surface area (Å²) in [5.74, 6) is -5.47. The van der Waals surface area contributed by atoms with Gasteiger partial charge in [-0.25, -0.2) is 13.8 Å². The van der Waals surface area contributed by atoms with Crippen molar-refractivity contribution in [1.29, 1.82) is 0 Å². The number of imide groups is 1. The van der Waals surface area contributed by atoms with Crippen molar-refractivity contribution in [2.75, 3.05) is 30.0 Å². The van der Waals surface area contributed by atoms with Crippen molar-refractivity contribution in [2.45, 2.75) is 32.9 Å². The molecular weight excluding hydrogens is 387 g/mol. The van der Waals surface area contributed by atoms with Gasteiger partial charge in [-0.05, 0) is 26.0 Å². The molecule has 0 spiro atoms. The number of amides is 2. The molecule has 2 amide bonds. The minimum absolute atomic E-state index is 0.157. The van der Waals surface area contributed by atoms with Crippen LogP contribution in [0.3, 0.4) is 0 Å². The molecule has 1 aromatic heterocycles. The van der Waals surface area contributed by atoms with E-state index in [2.05, 4.69) is 4.98 Å². The third-order valence-corrected chi connectivity index (χ3v) is 4.03. The molecule has 0 bridgehead atoms. The highest BCUT2D eigenvalue weighted by Gasteiger charge is 2.39. The Bertz CT molecular complexity index is 817. The van der Waals surface area contributed by atoms with Gasteiger partial charge in [0, 0.05) is 32.2 Å². The van der Waals surface area contributed by atoms with E-state index in [4.69, 9.17) is 0 Å². The lowest BCUT2D eigenvalue weighted by Crippen LogP contribution is -2.45. The Morgan fingerprint density at radius 2 is 1.75 bits per heavy atom. The van der Waals surface area contributed by atoms with E-state index in [1.54, 1.807) is 0 Å². The molecule has 154 valence electrons. The first kappa shape index (κ1) is 21.6. The normalized spacial score (nSPS) is 15.2. The van der Waals surface area contributed by atoms with E-state index in [1.165, 1.54) is 20.9 Å². The quantitative estimate of drug-likeness (QED) is 0.536. The molecule has 0 aromatic carbocycles. The fraction of sp³-hybridized carbons (Fsp3) is 0.471. The Morgan fingerprint density at radius 1 is 1.14 bits per heavy atom. The highest BCUT2D eigenvalue weighted by atomic mass is 19.4. The molecule has 0 fully saturated rings. The highest BCUT2D eigenvalue weighted by molar-refractivity contribution is 6.16. The molecule has 2 heterocycles. The molecule has 28 heavy (non-hydrogen) atoms. The topological polar surface area (TPSA) is 56.8 Å². The number of hydrogen-bond donors (Lipinski definition) is 0. The number of pyridine rings is 1. The van der Waals surface area contributed by atoms with Gasteiger partial charge in [-0.3, -0.25) is 14.6 Å². The van der Waals surface area contributed by atoms with Crippen LogP contribution in [0.25, 0.3) is 0 Å². The highest BCUT2D eigenvalue weighted by Crippen LogP contribution is 2.37. The predicted octanol–water partition coefficient (Wildman–Crippen LogP) is 3.25. The van der Waals surface area contributed by atoms with Crippen molar-refractivity contribution in [2.24, 2.45) is 0 Å². The number of alkyl halides is 5. The Morgan fingerprint density at radius 3 is 2.18 bits per heavy atom. The summed E-state index contributed by atoms with van der Waals surface area (Å²) in [4.78, 5) is 28.7. The summed E-state index contributed by atoms with van der Waals surface area (Å²) in [6.07, 6.45) is -3.74. The third kappa shape index (κ3) is 4.39. The third-order valence-electron chi connectivity index (χ3n) is 4.03. The first-order valence-corrected chi connectivity index (χ1v) is 8.27. The molecule has 0 saturated carbocycles. The van der Waals surface area contributed by atoms with E-state index in [0.717, 1.165) is 22.1 Å². The van der Waals surface area contributed by atoms with E-state index in [1.807, 2.05) is 0 Å². The SMILES string of the molecule is CCN(CC(C)(F)F)c1nc(N(C)N2C(=O)C=C(C)C2=O)ccc1C(F)(F)F. The predicted molar refractivity (Wildman–Crippen MR) is 91.8 cm³/mol. The van der Waals surface area contributed by atoms with Gasteiger partial charge in [0.15, 0.2) is 0 Å². The maximum absolute atomic E-state index is 13.5. The summed E-state index contributed by atoms with van der Waals surface area (Å²) in [6.45, 7) is 2.30. The average molecular weight is 406 g/mol. The molecular formula is C17H19F5N4O2. The average Bonchev–Trinajstić information content (AvgIpc) is 2.82. The summed E-state index contributed by atoms with van der Waals surface area (Å²) in [7, 11) is 1.27. The van der Waals surface area contributed by atoms with Crippen LogP contribution in [0.2, 0.25) is 0 Å². The monoisotopic (exact) mass is 406 g/mol. The van der Waals surface area contributed by atoms with E-state index in [0.29, 0.717) is 18.0 Å². The van der Waals surface area contributed by atoms with Crippen LogP contribution in [-0.2, 0) is 15.8 Å². The van der Waals surface area contributed by atoms with Crippen molar-refractivity contribution in [3.63, 3.8) is 0 Å². The van der Waals surface area contributed by atoms with Gasteiger partial charge in [-0.15, -0.1) is 0 Å². The zero-order valence-electron chi connectivity index (χ0n) is 15.6. The number of carbonyl (C=O) groups is 2. The smallest absolute Gasteiger partial charge is 0.350 e. The van der Waals surface area contributed by atoms with Crippen LogP contribution in [0, 0.1) is 0 Å². The first-order chi connectivity index (χ1) is 12.8. The van der Waals surface area contributed by atoms with Gasteiger partial charge in [0.05, 0.1) is 12.1 Å². The number of hydrogen-bond acceptors (Lipinski definition) is 5. The second-order valence-electron chi connectivity index (χ2n) is 6.43. The minimum Gasteiger partial charge on any atom is -0.350 e. The lowest BCUT2D eigenvalue weighted by molar-refractivity contribution is -0.139. The van der Waals surface area contributed by atoms with E-state index in [-0.39, 0.29) is 17.9 Å². The Labute approximate surface area is 158 Å². The molecule has 2 rings (SSSR count). The number of aromatic nitrogens is 1. The lowest BCUT2D eigenvalue weighted by Gasteiger charge is -2.31. The number of halogens is 5. The second-order valence-corrected chi connectivity index (χ2v) is 6.43. The number of nitrogens with zero attached hydrogens (tertiary/aromatic N) is 4. The summed E-state index contributed by atoms with van der Waals surface area (Å²) >= 11 is 0. The summed E-state index contributed by atoms with van der Waals surface area (Å²) in [6, 6.07) is 1.66. The standard InChI is InChI=1S/C17H19F5N4O2/c1-5-25(9-16(3,18)19)14-11(17(20,21)22)6-7-12(23-14)24(4)26-13(27)8-10(2)15(26)28/h6-8H,5,9H2,1-4H3. The van der Waals surface area contributed by atoms with Gasteiger partial charge in [0.25, 0.3) is 17.7 Å². The molecule has 0 atom stereocenters. The van der Waals surface area contributed by atoms with Gasteiger partial charge < -0.3 is 4.90 Å². The van der Waals surface area contributed by atoms with Crippen molar-refractivity contribution in [1.82, 2.24) is 9.99 Å². The van der Waals surface area contributed by atoms with Gasteiger partial charge in [0.2, 0.25) is 0 Å². The molecule has 1 aliphatic rings. The van der Waals surface area contributed by atoms with Crippen LogP contribution in [0.1, 0.15) is 26.3 Å². The van der Waals surface area contributed by atoms with Gasteiger partial charge in [0.1, 0.15) is 11.6 Å². The Hall–Kier alpha value is -2.72. The van der Waals surface area contributed by atoms with Crippen LogP contribution in [0.5, 0.6) is 0 Å². The molecule has 0 aliphatic carbocycles. The Kier molecular flexibility index (Phi) is 5.67. The summed E-state index contributed by atoms with van der Waals surface area (Å²) < 4.78 is 67.1. The van der Waals surface area contributed by atoms with Crippen molar-refractivity contribution >= 4 is 23.5 Å². The van der Waals surface area contributed by atoms with Gasteiger partial charge >= 0.3 is 6.18 Å². The summed E-state index contributed by atoms with van der Waals surface area (Å²) in [5.41, 5.74) is -1.03. The van der Waals surface area contributed by atoms with Crippen LogP contribution in [0.15, 0.2) is 23.8 Å². The zero-order valence-corrected chi connectivity index (χ0v) is 15.6. The minimum atomic E-state index is -4.83. The molecule has 0 unspecified atom stereocenters. The molecule has 6 nitrogen and oxygen atoms in total. The molecule has 1 aliphatic heterocycles. The maximum atomic E-state index is 13.5. The zero-order chi connectivity index (χ0) is 21.4. The van der Waals surface area contributed by atoms with Gasteiger partial charge in [-0.1, -0.05) is 0 Å². The van der Waals surface area contributed by atoms with Crippen LogP contribution in [0.4, 0.5) is 33.6 Å². The van der Waals surface area contributed by atoms with E-state index < -0.39 is 41.8 Å². The van der Waals surface area contributed by atoms with E-state index in [9.17, 15) is 31.5 Å². The Balaban J connectivity index is 2.51. The second kappa shape index (κ2) is 7.36. The maximum Gasteiger partial charge on any atom is 0.419 e. The number of rotatable bonds is 6. The van der Waals surface area contributed by atoms with Crippen molar-refractivity contribution < 1.29 is 31.5 Å². The van der Waals surface area contributed by atoms with Crippen LogP contribution < -0.4 is 9.91 Å². The van der Waals surface area contributed by atoms with E-state index >= 15 is 0 Å². The fourth-order valence-electron chi connectivity index (χ4n) is 2.71. The number of hydrazine groups is 1. The van der Waals surface area contributed by atoms with Crippen LogP contribution >= 0.6 is 0 Å². The first-order valence-electron chi connectivity index (χ1n) is 8.27. The fourth-order valence-corrected chi connectivity index (χ4v) is 2.71. The van der Waals surface area contributed by atoms with Gasteiger partial charge in [-0.2, -0.15) is 18.2 Å². The lowest BCUT2D eigenvalue weighted by atomic mass is 10.2. The number of anilines is 2. The molecule has 11 heteroatoms. The largest absolute Gasteiger partial charge is 0.419 e. The van der Waals surface area contributed by atoms with Crippen molar-refractivity contribution in [3.05, 3.63) is 29.3 Å². The molecule has 0 saturated heterocycles. The molecule has 0 radical (unpaired) electrons. The van der Waals surface area contributed by atoms with Crippen molar-refractivity contribution in [3.8, 4) is 0 Å².